The van der Waals surface area contributed by atoms with Crippen LogP contribution in [-0.2, 0) is 14.3 Å². The van der Waals surface area contributed by atoms with Crippen molar-refractivity contribution in [2.24, 2.45) is 5.92 Å². The van der Waals surface area contributed by atoms with Gasteiger partial charge in [0.1, 0.15) is 11.5 Å². The van der Waals surface area contributed by atoms with Crippen molar-refractivity contribution in [2.75, 3.05) is 7.11 Å². The highest BCUT2D eigenvalue weighted by Crippen LogP contribution is 2.38. The molecule has 0 radical (unpaired) electrons. The van der Waals surface area contributed by atoms with Crippen molar-refractivity contribution in [3.8, 4) is 0 Å². The van der Waals surface area contributed by atoms with E-state index >= 15 is 0 Å². The molecule has 17 heavy (non-hydrogen) atoms. The molecule has 4 nitrogen and oxygen atoms in total. The number of esters is 1. The minimum Gasteiger partial charge on any atom is -0.468 e. The normalized spacial score (nSPS) is 28.2. The number of ether oxygens (including phenoxy) is 1. The van der Waals surface area contributed by atoms with E-state index in [4.69, 9.17) is 23.2 Å². The Morgan fingerprint density at radius 1 is 1.53 bits per heavy atom. The van der Waals surface area contributed by atoms with Crippen LogP contribution in [0.1, 0.15) is 6.92 Å². The van der Waals surface area contributed by atoms with E-state index in [-0.39, 0.29) is 15.8 Å². The minimum absolute atomic E-state index is 0.145. The first-order valence-electron chi connectivity index (χ1n) is 4.61. The SMILES string of the molecule is COC(=O)C1C(Cl)=CC(Cl)=CC1(NBr)C(C)=O. The summed E-state index contributed by atoms with van der Waals surface area (Å²) < 4.78 is 7.27. The lowest BCUT2D eigenvalue weighted by molar-refractivity contribution is -0.147. The van der Waals surface area contributed by atoms with Crippen molar-refractivity contribution in [3.63, 3.8) is 0 Å². The van der Waals surface area contributed by atoms with E-state index in [1.165, 1.54) is 26.2 Å². The van der Waals surface area contributed by atoms with Gasteiger partial charge >= 0.3 is 5.97 Å². The number of allylic oxidation sites excluding steroid dienone is 2. The molecule has 0 bridgehead atoms. The molecule has 1 aliphatic rings. The molecule has 1 N–H and O–H groups in total. The maximum absolute atomic E-state index is 11.8. The number of nitrogens with one attached hydrogen (secondary N) is 1. The van der Waals surface area contributed by atoms with Crippen LogP contribution in [0.25, 0.3) is 0 Å². The Kier molecular flexibility index (Phi) is 4.77. The summed E-state index contributed by atoms with van der Waals surface area (Å²) in [6.45, 7) is 1.33. The molecule has 0 heterocycles. The Morgan fingerprint density at radius 2 is 2.12 bits per heavy atom. The van der Waals surface area contributed by atoms with Gasteiger partial charge in [0.05, 0.1) is 7.11 Å². The molecule has 0 aliphatic heterocycles. The number of hydrogen-bond donors (Lipinski definition) is 1. The van der Waals surface area contributed by atoms with Crippen LogP contribution in [0.3, 0.4) is 0 Å². The lowest BCUT2D eigenvalue weighted by Crippen LogP contribution is -2.55. The molecule has 0 amide bonds. The quantitative estimate of drug-likeness (QED) is 0.631. The average Bonchev–Trinajstić information content (AvgIpc) is 2.26. The van der Waals surface area contributed by atoms with E-state index in [1.807, 2.05) is 0 Å². The zero-order chi connectivity index (χ0) is 13.2. The fraction of sp³-hybridized carbons (Fsp3) is 0.400. The summed E-state index contributed by atoms with van der Waals surface area (Å²) in [4.78, 5) is 23.5. The van der Waals surface area contributed by atoms with Crippen molar-refractivity contribution < 1.29 is 14.3 Å². The van der Waals surface area contributed by atoms with Gasteiger partial charge in [0.25, 0.3) is 0 Å². The number of ketones is 1. The summed E-state index contributed by atoms with van der Waals surface area (Å²) in [6.07, 6.45) is 2.84. The molecular formula is C10H10BrCl2NO3. The third kappa shape index (κ3) is 2.57. The molecule has 7 heteroatoms. The fourth-order valence-electron chi connectivity index (χ4n) is 1.64. The van der Waals surface area contributed by atoms with Gasteiger partial charge in [0.2, 0.25) is 0 Å². The van der Waals surface area contributed by atoms with Crippen LogP contribution >= 0.6 is 39.3 Å². The maximum atomic E-state index is 11.8. The molecule has 0 aromatic rings. The molecule has 0 saturated heterocycles. The van der Waals surface area contributed by atoms with Gasteiger partial charge in [-0.25, -0.2) is 4.34 Å². The van der Waals surface area contributed by atoms with E-state index in [1.54, 1.807) is 0 Å². The maximum Gasteiger partial charge on any atom is 0.316 e. The summed E-state index contributed by atoms with van der Waals surface area (Å²) in [5, 5.41) is 0.420. The molecule has 0 fully saturated rings. The number of carbonyl (C=O) groups excluding carboxylic acids is 2. The van der Waals surface area contributed by atoms with Crippen LogP contribution in [0.15, 0.2) is 22.2 Å². The first kappa shape index (κ1) is 14.7. The molecule has 0 aromatic heterocycles. The Labute approximate surface area is 117 Å². The highest BCUT2D eigenvalue weighted by molar-refractivity contribution is 9.08. The van der Waals surface area contributed by atoms with Gasteiger partial charge in [-0.05, 0) is 19.1 Å². The molecule has 1 aliphatic carbocycles. The summed E-state index contributed by atoms with van der Waals surface area (Å²) in [5.41, 5.74) is -1.34. The smallest absolute Gasteiger partial charge is 0.316 e. The van der Waals surface area contributed by atoms with Gasteiger partial charge < -0.3 is 4.74 Å². The molecule has 94 valence electrons. The van der Waals surface area contributed by atoms with Crippen molar-refractivity contribution >= 4 is 51.1 Å². The van der Waals surface area contributed by atoms with Crippen LogP contribution in [0.4, 0.5) is 0 Å². The van der Waals surface area contributed by atoms with Gasteiger partial charge in [-0.15, -0.1) is 0 Å². The van der Waals surface area contributed by atoms with E-state index < -0.39 is 17.4 Å². The molecule has 0 spiro atoms. The first-order chi connectivity index (χ1) is 7.89. The number of rotatable bonds is 3. The highest BCUT2D eigenvalue weighted by Gasteiger charge is 2.49. The van der Waals surface area contributed by atoms with Crippen molar-refractivity contribution in [2.45, 2.75) is 12.5 Å². The highest BCUT2D eigenvalue weighted by atomic mass is 79.9. The Bertz CT molecular complexity index is 422. The van der Waals surface area contributed by atoms with Gasteiger partial charge in [-0.1, -0.05) is 23.2 Å². The Hall–Kier alpha value is -0.360. The van der Waals surface area contributed by atoms with E-state index in [9.17, 15) is 9.59 Å². The van der Waals surface area contributed by atoms with E-state index in [2.05, 4.69) is 25.2 Å². The van der Waals surface area contributed by atoms with Crippen LogP contribution in [-0.4, -0.2) is 24.4 Å². The summed E-state index contributed by atoms with van der Waals surface area (Å²) in [7, 11) is 1.23. The third-order valence-corrected chi connectivity index (χ3v) is 3.75. The standard InChI is InChI=1S/C10H10BrCl2NO3/c1-5(15)10(14-11)4-6(12)3-7(13)8(10)9(16)17-2/h3-4,8,14H,1-2H3. The molecule has 1 rings (SSSR count). The predicted molar refractivity (Wildman–Crippen MR) is 68.9 cm³/mol. The predicted octanol–water partition coefficient (Wildman–Crippen LogP) is 2.26. The largest absolute Gasteiger partial charge is 0.468 e. The second-order valence-corrected chi connectivity index (χ2v) is 4.80. The topological polar surface area (TPSA) is 55.4 Å². The second kappa shape index (κ2) is 5.52. The monoisotopic (exact) mass is 341 g/mol. The number of halogens is 3. The third-order valence-electron chi connectivity index (χ3n) is 2.55. The van der Waals surface area contributed by atoms with Gasteiger partial charge in [0, 0.05) is 26.2 Å². The molecule has 0 aromatic carbocycles. The van der Waals surface area contributed by atoms with Crippen molar-refractivity contribution in [1.82, 2.24) is 4.34 Å². The van der Waals surface area contributed by atoms with Crippen LogP contribution in [0, 0.1) is 5.92 Å². The average molecular weight is 343 g/mol. The molecular weight excluding hydrogens is 333 g/mol. The lowest BCUT2D eigenvalue weighted by atomic mass is 9.78. The summed E-state index contributed by atoms with van der Waals surface area (Å²) in [5.74, 6) is -1.89. The van der Waals surface area contributed by atoms with E-state index in [0.717, 1.165) is 0 Å². The fourth-order valence-corrected chi connectivity index (χ4v) is 2.99. The number of carbonyl (C=O) groups is 2. The lowest BCUT2D eigenvalue weighted by Gasteiger charge is -2.35. The van der Waals surface area contributed by atoms with Crippen molar-refractivity contribution in [3.05, 3.63) is 22.2 Å². The Balaban J connectivity index is 3.37. The van der Waals surface area contributed by atoms with Gasteiger partial charge in [-0.2, -0.15) is 0 Å². The number of hydrogen-bond acceptors (Lipinski definition) is 4. The zero-order valence-corrected chi connectivity index (χ0v) is 12.2. The molecule has 2 unspecified atom stereocenters. The molecule has 2 atom stereocenters. The molecule has 0 saturated carbocycles. The number of methoxy groups -OCH3 is 1. The van der Waals surface area contributed by atoms with Crippen LogP contribution < -0.4 is 4.34 Å². The number of Topliss-reactive ketones (excluding diaryl/α,β-unsaturated/α-hetero) is 1. The summed E-state index contributed by atoms with van der Waals surface area (Å²) >= 11 is 14.8. The van der Waals surface area contributed by atoms with Crippen LogP contribution in [0.2, 0.25) is 0 Å². The van der Waals surface area contributed by atoms with Gasteiger partial charge in [0.15, 0.2) is 5.78 Å². The Morgan fingerprint density at radius 3 is 2.53 bits per heavy atom. The van der Waals surface area contributed by atoms with Crippen LogP contribution in [0.5, 0.6) is 0 Å². The van der Waals surface area contributed by atoms with E-state index in [0.29, 0.717) is 0 Å². The first-order valence-corrected chi connectivity index (χ1v) is 6.16. The zero-order valence-electron chi connectivity index (χ0n) is 9.09. The van der Waals surface area contributed by atoms with Crippen molar-refractivity contribution in [1.29, 1.82) is 0 Å². The van der Waals surface area contributed by atoms with Gasteiger partial charge in [-0.3, -0.25) is 9.59 Å². The second-order valence-electron chi connectivity index (χ2n) is 3.53. The minimum atomic E-state index is -1.34. The summed E-state index contributed by atoms with van der Waals surface area (Å²) in [6, 6.07) is 0.